The van der Waals surface area contributed by atoms with Crippen LogP contribution in [0.25, 0.3) is 0 Å². The molecule has 0 fully saturated rings. The highest BCUT2D eigenvalue weighted by Crippen LogP contribution is 2.26. The topological polar surface area (TPSA) is 120 Å². The molecule has 0 aromatic heterocycles. The summed E-state index contributed by atoms with van der Waals surface area (Å²) in [5.74, 6) is 1.62. The van der Waals surface area contributed by atoms with Gasteiger partial charge in [-0.2, -0.15) is 10.2 Å². The molecule has 0 unspecified atom stereocenters. The Hall–Kier alpha value is -4.08. The SMILES string of the molecule is COc1ccc(/C(C)=N/NC(=O)CCC(=O)N/N=C(\C)c2ccc(OC)cc2OC)c(OC)c1. The van der Waals surface area contributed by atoms with Crippen molar-refractivity contribution in [3.8, 4) is 23.0 Å². The Morgan fingerprint density at radius 1 is 0.676 bits per heavy atom. The second-order valence-electron chi connectivity index (χ2n) is 7.10. The van der Waals surface area contributed by atoms with Crippen molar-refractivity contribution < 1.29 is 28.5 Å². The zero-order valence-electron chi connectivity index (χ0n) is 20.2. The highest BCUT2D eigenvalue weighted by Gasteiger charge is 2.11. The molecule has 2 N–H and O–H groups in total. The molecule has 0 bridgehead atoms. The molecule has 2 aromatic rings. The van der Waals surface area contributed by atoms with Gasteiger partial charge in [0.1, 0.15) is 23.0 Å². The van der Waals surface area contributed by atoms with Crippen molar-refractivity contribution >= 4 is 23.2 Å². The minimum atomic E-state index is -0.403. The fourth-order valence-corrected chi connectivity index (χ4v) is 2.95. The molecule has 0 atom stereocenters. The molecule has 34 heavy (non-hydrogen) atoms. The van der Waals surface area contributed by atoms with Crippen molar-refractivity contribution in [3.05, 3.63) is 47.5 Å². The van der Waals surface area contributed by atoms with Crippen LogP contribution in [0.3, 0.4) is 0 Å². The van der Waals surface area contributed by atoms with E-state index < -0.39 is 11.8 Å². The van der Waals surface area contributed by atoms with E-state index in [0.29, 0.717) is 45.5 Å². The Balaban J connectivity index is 1.90. The van der Waals surface area contributed by atoms with Gasteiger partial charge < -0.3 is 18.9 Å². The first-order valence-corrected chi connectivity index (χ1v) is 10.4. The third kappa shape index (κ3) is 7.22. The monoisotopic (exact) mass is 470 g/mol. The lowest BCUT2D eigenvalue weighted by atomic mass is 10.1. The zero-order chi connectivity index (χ0) is 25.1. The first-order chi connectivity index (χ1) is 16.3. The van der Waals surface area contributed by atoms with Gasteiger partial charge in [0, 0.05) is 36.1 Å². The lowest BCUT2D eigenvalue weighted by molar-refractivity contribution is -0.126. The van der Waals surface area contributed by atoms with Crippen LogP contribution in [0.15, 0.2) is 46.6 Å². The number of amides is 2. The highest BCUT2D eigenvalue weighted by molar-refractivity contribution is 6.02. The van der Waals surface area contributed by atoms with E-state index in [9.17, 15) is 9.59 Å². The second kappa shape index (κ2) is 12.8. The fraction of sp³-hybridized carbons (Fsp3) is 0.333. The number of hydrogen-bond donors (Lipinski definition) is 2. The molecule has 10 heteroatoms. The Morgan fingerprint density at radius 2 is 1.06 bits per heavy atom. The number of nitrogens with zero attached hydrogens (tertiary/aromatic N) is 2. The molecule has 182 valence electrons. The predicted octanol–water partition coefficient (Wildman–Crippen LogP) is 2.88. The van der Waals surface area contributed by atoms with E-state index in [4.69, 9.17) is 18.9 Å². The number of ether oxygens (including phenoxy) is 4. The quantitative estimate of drug-likeness (QED) is 0.385. The van der Waals surface area contributed by atoms with Crippen LogP contribution in [-0.4, -0.2) is 51.7 Å². The van der Waals surface area contributed by atoms with Gasteiger partial charge in [-0.25, -0.2) is 10.9 Å². The molecular weight excluding hydrogens is 440 g/mol. The number of rotatable bonds is 11. The number of nitrogens with one attached hydrogen (secondary N) is 2. The van der Waals surface area contributed by atoms with E-state index in [1.807, 2.05) is 0 Å². The smallest absolute Gasteiger partial charge is 0.240 e. The van der Waals surface area contributed by atoms with Crippen LogP contribution < -0.4 is 29.8 Å². The summed E-state index contributed by atoms with van der Waals surface area (Å²) in [6.45, 7) is 3.48. The number of hydrazone groups is 2. The van der Waals surface area contributed by atoms with Crippen LogP contribution in [0, 0.1) is 0 Å². The first kappa shape index (κ1) is 26.2. The van der Waals surface area contributed by atoms with Gasteiger partial charge in [-0.15, -0.1) is 0 Å². The number of hydrogen-bond acceptors (Lipinski definition) is 8. The number of benzene rings is 2. The van der Waals surface area contributed by atoms with Crippen molar-refractivity contribution in [3.63, 3.8) is 0 Å². The fourth-order valence-electron chi connectivity index (χ4n) is 2.95. The predicted molar refractivity (Wildman–Crippen MR) is 129 cm³/mol. The van der Waals surface area contributed by atoms with Gasteiger partial charge >= 0.3 is 0 Å². The summed E-state index contributed by atoms with van der Waals surface area (Å²) in [5, 5.41) is 8.19. The van der Waals surface area contributed by atoms with Crippen LogP contribution in [0.2, 0.25) is 0 Å². The molecule has 2 amide bonds. The maximum Gasteiger partial charge on any atom is 0.240 e. The third-order valence-corrected chi connectivity index (χ3v) is 4.87. The molecule has 0 saturated carbocycles. The number of carbonyl (C=O) groups is 2. The summed E-state index contributed by atoms with van der Waals surface area (Å²) in [6, 6.07) is 10.6. The molecule has 0 spiro atoms. The van der Waals surface area contributed by atoms with Crippen LogP contribution in [0.1, 0.15) is 37.8 Å². The minimum absolute atomic E-state index is 0.0528. The Morgan fingerprint density at radius 3 is 1.38 bits per heavy atom. The van der Waals surface area contributed by atoms with Crippen molar-refractivity contribution in [1.29, 1.82) is 0 Å². The average Bonchev–Trinajstić information content (AvgIpc) is 2.87. The van der Waals surface area contributed by atoms with Gasteiger partial charge in [0.15, 0.2) is 0 Å². The molecular formula is C24H30N4O6. The minimum Gasteiger partial charge on any atom is -0.497 e. The first-order valence-electron chi connectivity index (χ1n) is 10.4. The summed E-state index contributed by atoms with van der Waals surface area (Å²) in [7, 11) is 6.21. The molecule has 0 aliphatic rings. The summed E-state index contributed by atoms with van der Waals surface area (Å²) in [5.41, 5.74) is 7.41. The van der Waals surface area contributed by atoms with Crippen LogP contribution in [-0.2, 0) is 9.59 Å². The lowest BCUT2D eigenvalue weighted by Crippen LogP contribution is -2.24. The highest BCUT2D eigenvalue weighted by atomic mass is 16.5. The standard InChI is InChI=1S/C24H30N4O6/c1-15(19-9-7-17(31-3)13-21(19)33-5)25-27-23(29)11-12-24(30)28-26-16(2)20-10-8-18(32-4)14-22(20)34-6/h7-10,13-14H,11-12H2,1-6H3,(H,27,29)(H,28,30)/b25-15+,26-16+. The molecule has 2 rings (SSSR count). The molecule has 0 saturated heterocycles. The Bertz CT molecular complexity index is 996. The molecule has 10 nitrogen and oxygen atoms in total. The second-order valence-corrected chi connectivity index (χ2v) is 7.10. The van der Waals surface area contributed by atoms with E-state index in [2.05, 4.69) is 21.1 Å². The van der Waals surface area contributed by atoms with Gasteiger partial charge in [0.2, 0.25) is 11.8 Å². The summed E-state index contributed by atoms with van der Waals surface area (Å²) >= 11 is 0. The van der Waals surface area contributed by atoms with Gasteiger partial charge in [0.05, 0.1) is 39.9 Å². The zero-order valence-corrected chi connectivity index (χ0v) is 20.2. The van der Waals surface area contributed by atoms with E-state index in [0.717, 1.165) is 0 Å². The van der Waals surface area contributed by atoms with Crippen LogP contribution in [0.4, 0.5) is 0 Å². The van der Waals surface area contributed by atoms with Gasteiger partial charge in [0.25, 0.3) is 0 Å². The van der Waals surface area contributed by atoms with E-state index >= 15 is 0 Å². The molecule has 0 heterocycles. The largest absolute Gasteiger partial charge is 0.497 e. The van der Waals surface area contributed by atoms with Crippen molar-refractivity contribution in [1.82, 2.24) is 10.9 Å². The van der Waals surface area contributed by atoms with Crippen molar-refractivity contribution in [2.75, 3.05) is 28.4 Å². The summed E-state index contributed by atoms with van der Waals surface area (Å²) in [6.07, 6.45) is -0.106. The van der Waals surface area contributed by atoms with Crippen molar-refractivity contribution in [2.24, 2.45) is 10.2 Å². The van der Waals surface area contributed by atoms with Crippen LogP contribution in [0.5, 0.6) is 23.0 Å². The van der Waals surface area contributed by atoms with E-state index in [-0.39, 0.29) is 12.8 Å². The average molecular weight is 471 g/mol. The number of methoxy groups -OCH3 is 4. The number of carbonyl (C=O) groups excluding carboxylic acids is 2. The Kier molecular flexibility index (Phi) is 9.88. The molecule has 0 aliphatic heterocycles. The van der Waals surface area contributed by atoms with E-state index in [1.54, 1.807) is 64.5 Å². The molecule has 2 aromatic carbocycles. The maximum atomic E-state index is 12.1. The molecule has 0 aliphatic carbocycles. The van der Waals surface area contributed by atoms with Gasteiger partial charge in [-0.1, -0.05) is 0 Å². The van der Waals surface area contributed by atoms with Crippen LogP contribution >= 0.6 is 0 Å². The van der Waals surface area contributed by atoms with E-state index in [1.165, 1.54) is 14.2 Å². The Labute approximate surface area is 198 Å². The maximum absolute atomic E-state index is 12.1. The molecule has 0 radical (unpaired) electrons. The van der Waals surface area contributed by atoms with Gasteiger partial charge in [-0.3, -0.25) is 9.59 Å². The normalized spacial score (nSPS) is 11.5. The summed E-state index contributed by atoms with van der Waals surface area (Å²) in [4.78, 5) is 24.3. The lowest BCUT2D eigenvalue weighted by Gasteiger charge is -2.10. The summed E-state index contributed by atoms with van der Waals surface area (Å²) < 4.78 is 21.0. The third-order valence-electron chi connectivity index (χ3n) is 4.87. The van der Waals surface area contributed by atoms with Gasteiger partial charge in [-0.05, 0) is 38.1 Å². The van der Waals surface area contributed by atoms with Crippen molar-refractivity contribution in [2.45, 2.75) is 26.7 Å².